The molecular weight excluding hydrogens is 732 g/mol. The highest BCUT2D eigenvalue weighted by molar-refractivity contribution is 7.45. The zero-order valence-electron chi connectivity index (χ0n) is 37.3. The monoisotopic (exact) mass is 819 g/mol. The first-order chi connectivity index (χ1) is 27.5. The quantitative estimate of drug-likeness (QED) is 0.0276. The molecule has 0 aliphatic rings. The topological polar surface area (TPSA) is 108 Å². The molecule has 0 spiro atoms. The van der Waals surface area contributed by atoms with Gasteiger partial charge in [0.2, 0.25) is 5.91 Å². The van der Waals surface area contributed by atoms with Gasteiger partial charge in [0.05, 0.1) is 39.9 Å². The van der Waals surface area contributed by atoms with Gasteiger partial charge < -0.3 is 28.8 Å². The molecular formula is C48H87N2O6P. The van der Waals surface area contributed by atoms with Gasteiger partial charge in [-0.15, -0.1) is 0 Å². The normalized spacial score (nSPS) is 15.0. The Morgan fingerprint density at radius 1 is 0.632 bits per heavy atom. The van der Waals surface area contributed by atoms with Gasteiger partial charge in [-0.25, -0.2) is 0 Å². The van der Waals surface area contributed by atoms with E-state index in [-0.39, 0.29) is 19.1 Å². The van der Waals surface area contributed by atoms with E-state index in [1.165, 1.54) is 70.6 Å². The van der Waals surface area contributed by atoms with Gasteiger partial charge in [-0.1, -0.05) is 177 Å². The number of phosphoric acid groups is 1. The molecule has 57 heavy (non-hydrogen) atoms. The van der Waals surface area contributed by atoms with Crippen LogP contribution in [0.4, 0.5) is 0 Å². The number of rotatable bonds is 40. The van der Waals surface area contributed by atoms with Gasteiger partial charge in [-0.3, -0.25) is 9.36 Å². The van der Waals surface area contributed by atoms with Crippen molar-refractivity contribution in [2.45, 2.75) is 187 Å². The number of carbonyl (C=O) groups excluding carboxylic acids is 1. The second kappa shape index (κ2) is 39.4. The number of unbranched alkanes of at least 4 members (excludes halogenated alkanes) is 17. The number of amides is 1. The highest BCUT2D eigenvalue weighted by atomic mass is 31.2. The van der Waals surface area contributed by atoms with E-state index in [1.54, 1.807) is 6.08 Å². The fourth-order valence-electron chi connectivity index (χ4n) is 6.06. The second-order valence-electron chi connectivity index (χ2n) is 16.4. The van der Waals surface area contributed by atoms with Crippen LogP contribution in [0, 0.1) is 0 Å². The summed E-state index contributed by atoms with van der Waals surface area (Å²) in [4.78, 5) is 25.3. The van der Waals surface area contributed by atoms with Crippen LogP contribution in [0.3, 0.4) is 0 Å². The summed E-state index contributed by atoms with van der Waals surface area (Å²) in [7, 11) is 1.24. The Bertz CT molecular complexity index is 1160. The van der Waals surface area contributed by atoms with Gasteiger partial charge in [-0.2, -0.15) is 0 Å². The molecule has 3 unspecified atom stereocenters. The fourth-order valence-corrected chi connectivity index (χ4v) is 6.78. The second-order valence-corrected chi connectivity index (χ2v) is 17.8. The van der Waals surface area contributed by atoms with Gasteiger partial charge in [0, 0.05) is 6.42 Å². The van der Waals surface area contributed by atoms with Gasteiger partial charge >= 0.3 is 0 Å². The van der Waals surface area contributed by atoms with Crippen LogP contribution in [-0.2, 0) is 18.4 Å². The lowest BCUT2D eigenvalue weighted by molar-refractivity contribution is -0.870. The number of likely N-dealkylation sites (N-methyl/N-ethyl adjacent to an activating group) is 1. The first-order valence-corrected chi connectivity index (χ1v) is 24.3. The highest BCUT2D eigenvalue weighted by Gasteiger charge is 2.23. The van der Waals surface area contributed by atoms with Gasteiger partial charge in [0.25, 0.3) is 7.82 Å². The minimum Gasteiger partial charge on any atom is -0.756 e. The number of aliphatic hydroxyl groups is 1. The van der Waals surface area contributed by atoms with Crippen molar-refractivity contribution in [1.82, 2.24) is 5.32 Å². The van der Waals surface area contributed by atoms with E-state index >= 15 is 0 Å². The Morgan fingerprint density at radius 3 is 1.56 bits per heavy atom. The van der Waals surface area contributed by atoms with E-state index in [2.05, 4.69) is 79.9 Å². The van der Waals surface area contributed by atoms with Crippen molar-refractivity contribution in [2.75, 3.05) is 40.9 Å². The van der Waals surface area contributed by atoms with Crippen LogP contribution in [0.5, 0.6) is 0 Å². The predicted molar refractivity (Wildman–Crippen MR) is 242 cm³/mol. The number of hydrogen-bond donors (Lipinski definition) is 2. The Labute approximate surface area is 351 Å². The number of hydrogen-bond acceptors (Lipinski definition) is 6. The molecule has 0 aliphatic heterocycles. The summed E-state index contributed by atoms with van der Waals surface area (Å²) in [5, 5.41) is 13.8. The van der Waals surface area contributed by atoms with E-state index in [0.717, 1.165) is 83.5 Å². The standard InChI is InChI=1S/C48H87N2O6P/c1-6-8-10-12-14-16-18-20-21-22-23-24-25-26-27-28-29-30-32-34-36-38-40-42-48(52)49-46(45-56-57(53,54)55-44-43-50(3,4)5)47(51)41-39-37-35-33-31-19-17-15-13-11-9-7-2/h8,10,14,16,20-21,23-24,26-27,39,41,46-47,51H,6-7,9,11-13,15,17-19,22,25,28-38,40,42-45H2,1-5H3,(H-,49,52,53,54)/b10-8-,16-14-,21-20-,24-23-,27-26-,41-39+. The molecule has 9 heteroatoms. The minimum absolute atomic E-state index is 0.00703. The lowest BCUT2D eigenvalue weighted by atomic mass is 10.1. The van der Waals surface area contributed by atoms with Crippen LogP contribution in [0.1, 0.15) is 174 Å². The van der Waals surface area contributed by atoms with Gasteiger partial charge in [-0.05, 0) is 64.2 Å². The van der Waals surface area contributed by atoms with E-state index in [9.17, 15) is 19.4 Å². The van der Waals surface area contributed by atoms with Crippen LogP contribution in [0.25, 0.3) is 0 Å². The van der Waals surface area contributed by atoms with E-state index in [0.29, 0.717) is 17.4 Å². The Kier molecular flexibility index (Phi) is 38.0. The molecule has 1 amide bonds. The van der Waals surface area contributed by atoms with Crippen molar-refractivity contribution in [3.63, 3.8) is 0 Å². The smallest absolute Gasteiger partial charge is 0.268 e. The summed E-state index contributed by atoms with van der Waals surface area (Å²) >= 11 is 0. The van der Waals surface area contributed by atoms with Gasteiger partial charge in [0.15, 0.2) is 0 Å². The average molecular weight is 819 g/mol. The van der Waals surface area contributed by atoms with Crippen molar-refractivity contribution >= 4 is 13.7 Å². The zero-order chi connectivity index (χ0) is 42.1. The van der Waals surface area contributed by atoms with Crippen LogP contribution in [0.15, 0.2) is 72.9 Å². The Hall–Kier alpha value is -2.06. The highest BCUT2D eigenvalue weighted by Crippen LogP contribution is 2.38. The summed E-state index contributed by atoms with van der Waals surface area (Å²) in [6, 6.07) is -0.895. The van der Waals surface area contributed by atoms with Gasteiger partial charge in [0.1, 0.15) is 13.2 Å². The molecule has 0 saturated heterocycles. The summed E-state index contributed by atoms with van der Waals surface area (Å²) < 4.78 is 23.2. The summed E-state index contributed by atoms with van der Waals surface area (Å²) in [5.41, 5.74) is 0. The Balaban J connectivity index is 4.37. The molecule has 0 aromatic heterocycles. The van der Waals surface area contributed by atoms with E-state index < -0.39 is 20.0 Å². The molecule has 0 heterocycles. The van der Waals surface area contributed by atoms with Crippen molar-refractivity contribution < 1.29 is 32.9 Å². The maximum Gasteiger partial charge on any atom is 0.268 e. The lowest BCUT2D eigenvalue weighted by Crippen LogP contribution is -2.45. The fraction of sp³-hybridized carbons (Fsp3) is 0.729. The number of carbonyl (C=O) groups is 1. The third kappa shape index (κ3) is 41.9. The molecule has 0 aliphatic carbocycles. The SMILES string of the molecule is CC/C=C\C/C=C\C/C=C\C/C=C\C/C=C\CCCCCCCCCC(=O)NC(COP(=O)([O-])OCC[N+](C)(C)C)C(O)/C=C/CCCCCCCCCCCC. The number of aliphatic hydroxyl groups excluding tert-OH is 1. The summed E-state index contributed by atoms with van der Waals surface area (Å²) in [5.74, 6) is -0.213. The molecule has 0 aromatic rings. The number of phosphoric ester groups is 1. The van der Waals surface area contributed by atoms with Crippen molar-refractivity contribution in [3.8, 4) is 0 Å². The lowest BCUT2D eigenvalue weighted by Gasteiger charge is -2.29. The number of nitrogens with one attached hydrogen (secondary N) is 1. The van der Waals surface area contributed by atoms with Crippen LogP contribution in [0.2, 0.25) is 0 Å². The molecule has 0 rings (SSSR count). The van der Waals surface area contributed by atoms with Crippen LogP contribution >= 0.6 is 7.82 Å². The zero-order valence-corrected chi connectivity index (χ0v) is 38.2. The molecule has 0 radical (unpaired) electrons. The third-order valence-corrected chi connectivity index (χ3v) is 10.6. The average Bonchev–Trinajstić information content (AvgIpc) is 3.16. The Morgan fingerprint density at radius 2 is 1.07 bits per heavy atom. The predicted octanol–water partition coefficient (Wildman–Crippen LogP) is 12.2. The van der Waals surface area contributed by atoms with Crippen molar-refractivity contribution in [2.24, 2.45) is 0 Å². The number of nitrogens with zero attached hydrogens (tertiary/aromatic N) is 1. The van der Waals surface area contributed by atoms with Crippen molar-refractivity contribution in [1.29, 1.82) is 0 Å². The maximum atomic E-state index is 12.9. The molecule has 0 bridgehead atoms. The largest absolute Gasteiger partial charge is 0.756 e. The number of quaternary nitrogens is 1. The first kappa shape index (κ1) is 54.9. The summed E-state index contributed by atoms with van der Waals surface area (Å²) in [6.07, 6.45) is 52.3. The van der Waals surface area contributed by atoms with Crippen LogP contribution in [-0.4, -0.2) is 68.5 Å². The minimum atomic E-state index is -4.59. The molecule has 3 atom stereocenters. The third-order valence-electron chi connectivity index (χ3n) is 9.67. The first-order valence-electron chi connectivity index (χ1n) is 22.8. The molecule has 0 saturated carbocycles. The molecule has 0 fully saturated rings. The number of allylic oxidation sites excluding steroid dienone is 11. The van der Waals surface area contributed by atoms with Crippen molar-refractivity contribution in [3.05, 3.63) is 72.9 Å². The maximum absolute atomic E-state index is 12.9. The summed E-state index contributed by atoms with van der Waals surface area (Å²) in [6.45, 7) is 4.49. The van der Waals surface area contributed by atoms with E-state index in [1.807, 2.05) is 27.2 Å². The van der Waals surface area contributed by atoms with Crippen LogP contribution < -0.4 is 10.2 Å². The molecule has 330 valence electrons. The van der Waals surface area contributed by atoms with E-state index in [4.69, 9.17) is 9.05 Å². The molecule has 2 N–H and O–H groups in total. The molecule has 0 aromatic carbocycles. The molecule has 8 nitrogen and oxygen atoms in total.